The van der Waals surface area contributed by atoms with Gasteiger partial charge in [0.05, 0.1) is 12.5 Å². The van der Waals surface area contributed by atoms with E-state index in [0.717, 1.165) is 0 Å². The zero-order valence-corrected chi connectivity index (χ0v) is 11.6. The first-order chi connectivity index (χ1) is 7.51. The van der Waals surface area contributed by atoms with Gasteiger partial charge in [-0.25, -0.2) is 12.7 Å². The van der Waals surface area contributed by atoms with Crippen molar-refractivity contribution < 1.29 is 17.9 Å². The number of piperidine rings is 1. The largest absolute Gasteiger partial charge is 0.466 e. The van der Waals surface area contributed by atoms with Crippen LogP contribution in [0.25, 0.3) is 0 Å². The van der Waals surface area contributed by atoms with Gasteiger partial charge in [-0.2, -0.15) is 0 Å². The highest BCUT2D eigenvalue weighted by atomic mass is 79.9. The van der Waals surface area contributed by atoms with Crippen molar-refractivity contribution in [2.75, 3.05) is 24.4 Å². The normalized spacial score (nSPS) is 23.0. The molecule has 1 saturated heterocycles. The van der Waals surface area contributed by atoms with Gasteiger partial charge in [-0.1, -0.05) is 15.9 Å². The Bertz CT molecular complexity index is 343. The van der Waals surface area contributed by atoms with Crippen molar-refractivity contribution in [3.8, 4) is 0 Å². The number of sulfonamides is 1. The first kappa shape index (κ1) is 13.9. The Balaban J connectivity index is 2.64. The van der Waals surface area contributed by atoms with E-state index in [9.17, 15) is 13.2 Å². The highest BCUT2D eigenvalue weighted by Gasteiger charge is 2.32. The molecule has 0 amide bonds. The summed E-state index contributed by atoms with van der Waals surface area (Å²) in [4.78, 5) is 11.5. The monoisotopic (exact) mass is 313 g/mol. The number of carbonyl (C=O) groups excluding carboxylic acids is 1. The van der Waals surface area contributed by atoms with Crippen molar-refractivity contribution in [3.63, 3.8) is 0 Å². The third-order valence-corrected chi connectivity index (χ3v) is 5.67. The molecule has 0 N–H and O–H groups in total. The summed E-state index contributed by atoms with van der Waals surface area (Å²) in [5, 5.41) is 0. The van der Waals surface area contributed by atoms with E-state index in [1.54, 1.807) is 6.92 Å². The average molecular weight is 314 g/mol. The molecule has 94 valence electrons. The minimum Gasteiger partial charge on any atom is -0.466 e. The molecule has 0 aromatic rings. The smallest absolute Gasteiger partial charge is 0.310 e. The zero-order valence-electron chi connectivity index (χ0n) is 9.19. The second-order valence-electron chi connectivity index (χ2n) is 3.67. The molecule has 1 unspecified atom stereocenters. The van der Waals surface area contributed by atoms with E-state index in [-0.39, 0.29) is 23.1 Å². The molecule has 1 aliphatic rings. The number of hydrogen-bond donors (Lipinski definition) is 0. The molecule has 16 heavy (non-hydrogen) atoms. The van der Waals surface area contributed by atoms with Crippen LogP contribution in [0.3, 0.4) is 0 Å². The number of carbonyl (C=O) groups is 1. The van der Waals surface area contributed by atoms with Crippen LogP contribution in [0.2, 0.25) is 0 Å². The SMILES string of the molecule is CCOC(=O)C1CCCN(S(=O)(=O)CBr)C1. The lowest BCUT2D eigenvalue weighted by Crippen LogP contribution is -2.43. The summed E-state index contributed by atoms with van der Waals surface area (Å²) in [5.74, 6) is -0.612. The Hall–Kier alpha value is -0.140. The Labute approximate surface area is 104 Å². The van der Waals surface area contributed by atoms with Crippen molar-refractivity contribution in [3.05, 3.63) is 0 Å². The Morgan fingerprint density at radius 1 is 1.56 bits per heavy atom. The Kier molecular flexibility index (Phi) is 5.20. The van der Waals surface area contributed by atoms with Crippen LogP contribution >= 0.6 is 15.9 Å². The summed E-state index contributed by atoms with van der Waals surface area (Å²) in [6.07, 6.45) is 1.41. The van der Waals surface area contributed by atoms with E-state index >= 15 is 0 Å². The molecule has 1 rings (SSSR count). The first-order valence-corrected chi connectivity index (χ1v) is 7.94. The molecule has 0 bridgehead atoms. The van der Waals surface area contributed by atoms with Crippen LogP contribution in [-0.2, 0) is 19.6 Å². The Morgan fingerprint density at radius 3 is 2.81 bits per heavy atom. The fraction of sp³-hybridized carbons (Fsp3) is 0.889. The topological polar surface area (TPSA) is 63.7 Å². The zero-order chi connectivity index (χ0) is 12.2. The molecule has 0 aromatic heterocycles. The predicted molar refractivity (Wildman–Crippen MR) is 63.6 cm³/mol. The molecule has 1 fully saturated rings. The van der Waals surface area contributed by atoms with Gasteiger partial charge in [0.2, 0.25) is 10.0 Å². The molecule has 0 saturated carbocycles. The van der Waals surface area contributed by atoms with E-state index < -0.39 is 10.0 Å². The molecule has 1 heterocycles. The molecule has 0 aliphatic carbocycles. The molecule has 0 aromatic carbocycles. The van der Waals surface area contributed by atoms with Gasteiger partial charge in [-0.05, 0) is 19.8 Å². The number of halogens is 1. The van der Waals surface area contributed by atoms with Crippen molar-refractivity contribution in [1.82, 2.24) is 4.31 Å². The van der Waals surface area contributed by atoms with Gasteiger partial charge in [0.1, 0.15) is 4.66 Å². The quantitative estimate of drug-likeness (QED) is 0.572. The lowest BCUT2D eigenvalue weighted by molar-refractivity contribution is -0.149. The standard InChI is InChI=1S/C9H16BrNO4S/c1-2-15-9(12)8-4-3-5-11(6-8)16(13,14)7-10/h8H,2-7H2,1H3. The first-order valence-electron chi connectivity index (χ1n) is 5.21. The minimum absolute atomic E-state index is 0.102. The van der Waals surface area contributed by atoms with Gasteiger partial charge in [-0.15, -0.1) is 0 Å². The van der Waals surface area contributed by atoms with Gasteiger partial charge < -0.3 is 4.74 Å². The van der Waals surface area contributed by atoms with Crippen LogP contribution in [0.5, 0.6) is 0 Å². The van der Waals surface area contributed by atoms with Gasteiger partial charge >= 0.3 is 5.97 Å². The number of nitrogens with zero attached hydrogens (tertiary/aromatic N) is 1. The number of ether oxygens (including phenoxy) is 1. The van der Waals surface area contributed by atoms with Crippen LogP contribution in [0.15, 0.2) is 0 Å². The highest BCUT2D eigenvalue weighted by Crippen LogP contribution is 2.21. The van der Waals surface area contributed by atoms with E-state index in [1.165, 1.54) is 4.31 Å². The maximum Gasteiger partial charge on any atom is 0.310 e. The lowest BCUT2D eigenvalue weighted by Gasteiger charge is -2.30. The number of rotatable bonds is 4. The maximum atomic E-state index is 11.6. The van der Waals surface area contributed by atoms with E-state index in [4.69, 9.17) is 4.74 Å². The van der Waals surface area contributed by atoms with Gasteiger partial charge in [0.15, 0.2) is 0 Å². The summed E-state index contributed by atoms with van der Waals surface area (Å²) < 4.78 is 29.4. The summed E-state index contributed by atoms with van der Waals surface area (Å²) >= 11 is 2.95. The molecule has 7 heteroatoms. The van der Waals surface area contributed by atoms with Crippen molar-refractivity contribution in [1.29, 1.82) is 0 Å². The summed E-state index contributed by atoms with van der Waals surface area (Å²) in [5.41, 5.74) is 0. The second-order valence-corrected chi connectivity index (χ2v) is 6.94. The van der Waals surface area contributed by atoms with Crippen molar-refractivity contribution in [2.24, 2.45) is 5.92 Å². The van der Waals surface area contributed by atoms with E-state index in [1.807, 2.05) is 0 Å². The van der Waals surface area contributed by atoms with Gasteiger partial charge in [0, 0.05) is 13.1 Å². The molecule has 1 aliphatic heterocycles. The Morgan fingerprint density at radius 2 is 2.25 bits per heavy atom. The molecular formula is C9H16BrNO4S. The summed E-state index contributed by atoms with van der Waals surface area (Å²) in [6, 6.07) is 0. The van der Waals surface area contributed by atoms with Crippen LogP contribution in [0, 0.1) is 5.92 Å². The third kappa shape index (κ3) is 3.43. The lowest BCUT2D eigenvalue weighted by atomic mass is 10.0. The van der Waals surface area contributed by atoms with Crippen molar-refractivity contribution >= 4 is 31.9 Å². The maximum absolute atomic E-state index is 11.6. The fourth-order valence-corrected chi connectivity index (χ4v) is 3.54. The number of esters is 1. The molecule has 1 atom stereocenters. The van der Waals surface area contributed by atoms with Crippen LogP contribution in [0.1, 0.15) is 19.8 Å². The molecular weight excluding hydrogens is 298 g/mol. The number of hydrogen-bond acceptors (Lipinski definition) is 4. The summed E-state index contributed by atoms with van der Waals surface area (Å²) in [7, 11) is -3.26. The van der Waals surface area contributed by atoms with Crippen LogP contribution < -0.4 is 0 Å². The average Bonchev–Trinajstić information content (AvgIpc) is 2.29. The van der Waals surface area contributed by atoms with Crippen molar-refractivity contribution in [2.45, 2.75) is 19.8 Å². The fourth-order valence-electron chi connectivity index (χ4n) is 1.72. The number of alkyl halides is 1. The van der Waals surface area contributed by atoms with Gasteiger partial charge in [-0.3, -0.25) is 4.79 Å². The minimum atomic E-state index is -3.26. The third-order valence-electron chi connectivity index (χ3n) is 2.54. The van der Waals surface area contributed by atoms with Crippen LogP contribution in [-0.4, -0.2) is 43.1 Å². The van der Waals surface area contributed by atoms with E-state index in [0.29, 0.717) is 26.0 Å². The highest BCUT2D eigenvalue weighted by molar-refractivity contribution is 9.10. The van der Waals surface area contributed by atoms with E-state index in [2.05, 4.69) is 15.9 Å². The predicted octanol–water partition coefficient (Wildman–Crippen LogP) is 0.944. The second kappa shape index (κ2) is 5.97. The molecule has 0 radical (unpaired) electrons. The van der Waals surface area contributed by atoms with Crippen LogP contribution in [0.4, 0.5) is 0 Å². The summed E-state index contributed by atoms with van der Waals surface area (Å²) in [6.45, 7) is 2.81. The van der Waals surface area contributed by atoms with Gasteiger partial charge in [0.25, 0.3) is 0 Å². The molecule has 0 spiro atoms. The molecule has 5 nitrogen and oxygen atoms in total.